The Kier molecular flexibility index (Phi) is 6.01. The number of imidazole rings is 1. The molecule has 0 radical (unpaired) electrons. The van der Waals surface area contributed by atoms with E-state index in [1.54, 1.807) is 0 Å². The summed E-state index contributed by atoms with van der Waals surface area (Å²) in [7, 11) is 0. The van der Waals surface area contributed by atoms with Crippen LogP contribution >= 0.6 is 0 Å². The lowest BCUT2D eigenvalue weighted by molar-refractivity contribution is -0.684. The molecule has 0 N–H and O–H groups in total. The molecule has 0 amide bonds. The Labute approximate surface area is 190 Å². The molecule has 1 aromatic heterocycles. The van der Waals surface area contributed by atoms with Gasteiger partial charge >= 0.3 is 5.82 Å². The lowest BCUT2D eigenvalue weighted by atomic mass is 10.2. The highest BCUT2D eigenvalue weighted by Gasteiger charge is 2.13. The Hall–Kier alpha value is -3.41. The van der Waals surface area contributed by atoms with Crippen LogP contribution in [-0.4, -0.2) is 43.3 Å². The molecule has 3 aromatic rings. The van der Waals surface area contributed by atoms with Gasteiger partial charge in [-0.15, -0.1) is 9.35 Å². The zero-order valence-electron chi connectivity index (χ0n) is 18.8. The number of nitrogens with zero attached hydrogens (tertiary/aromatic N) is 6. The predicted octanol–water partition coefficient (Wildman–Crippen LogP) is 4.05. The van der Waals surface area contributed by atoms with E-state index in [-0.39, 0.29) is 0 Å². The lowest BCUT2D eigenvalue weighted by Gasteiger charge is -2.17. The molecule has 2 fully saturated rings. The predicted molar refractivity (Wildman–Crippen MR) is 131 cm³/mol. The van der Waals surface area contributed by atoms with E-state index in [0.29, 0.717) is 0 Å². The minimum absolute atomic E-state index is 0.944. The summed E-state index contributed by atoms with van der Waals surface area (Å²) in [5.41, 5.74) is 4.79. The first-order valence-corrected chi connectivity index (χ1v) is 11.6. The lowest BCUT2D eigenvalue weighted by Crippen LogP contribution is -2.29. The monoisotopic (exact) mass is 427 g/mol. The summed E-state index contributed by atoms with van der Waals surface area (Å²) < 4.78 is 3.70. The quantitative estimate of drug-likeness (QED) is 0.440. The molecule has 2 saturated heterocycles. The Morgan fingerprint density at radius 1 is 0.719 bits per heavy atom. The maximum Gasteiger partial charge on any atom is 0.304 e. The first-order chi connectivity index (χ1) is 15.8. The van der Waals surface area contributed by atoms with Gasteiger partial charge in [0.1, 0.15) is 0 Å². The van der Waals surface area contributed by atoms with Crippen molar-refractivity contribution in [3.05, 3.63) is 77.9 Å². The Morgan fingerprint density at radius 2 is 1.22 bits per heavy atom. The van der Waals surface area contributed by atoms with Crippen LogP contribution in [0.25, 0.3) is 0 Å². The maximum absolute atomic E-state index is 4.61. The molecule has 0 unspecified atom stereocenters. The number of benzene rings is 2. The van der Waals surface area contributed by atoms with E-state index in [0.717, 1.165) is 17.0 Å². The highest BCUT2D eigenvalue weighted by Crippen LogP contribution is 2.21. The third kappa shape index (κ3) is 4.59. The maximum atomic E-state index is 4.61. The average molecular weight is 428 g/mol. The molecule has 0 saturated carbocycles. The molecule has 164 valence electrons. The summed E-state index contributed by atoms with van der Waals surface area (Å²) in [6.45, 7) is 6.68. The number of rotatable bonds is 6. The molecule has 0 bridgehead atoms. The molecule has 6 heteroatoms. The fourth-order valence-electron chi connectivity index (χ4n) is 4.44. The van der Waals surface area contributed by atoms with Crippen LogP contribution in [0.3, 0.4) is 0 Å². The third-order valence-corrected chi connectivity index (χ3v) is 6.40. The Morgan fingerprint density at radius 3 is 1.75 bits per heavy atom. The van der Waals surface area contributed by atoms with Gasteiger partial charge in [0.05, 0.1) is 12.4 Å². The number of anilines is 2. The summed E-state index contributed by atoms with van der Waals surface area (Å²) in [6.07, 6.45) is 12.8. The number of hydrogen-bond donors (Lipinski definition) is 0. The Balaban J connectivity index is 1.23. The zero-order chi connectivity index (χ0) is 21.8. The van der Waals surface area contributed by atoms with Gasteiger partial charge in [0, 0.05) is 44.5 Å². The van der Waals surface area contributed by atoms with Crippen molar-refractivity contribution in [3.63, 3.8) is 0 Å². The molecular formula is C26H31N6+. The molecule has 2 aliphatic rings. The highest BCUT2D eigenvalue weighted by atomic mass is 15.5. The van der Waals surface area contributed by atoms with Crippen molar-refractivity contribution < 1.29 is 4.68 Å². The highest BCUT2D eigenvalue weighted by molar-refractivity contribution is 5.80. The van der Waals surface area contributed by atoms with Crippen LogP contribution in [0.2, 0.25) is 0 Å². The van der Waals surface area contributed by atoms with Gasteiger partial charge in [-0.3, -0.25) is 0 Å². The molecule has 0 atom stereocenters. The van der Waals surface area contributed by atoms with E-state index in [4.69, 9.17) is 0 Å². The Bertz CT molecular complexity index is 995. The first-order valence-electron chi connectivity index (χ1n) is 11.6. The van der Waals surface area contributed by atoms with Crippen LogP contribution in [-0.2, 0) is 0 Å². The summed E-state index contributed by atoms with van der Waals surface area (Å²) >= 11 is 0. The van der Waals surface area contributed by atoms with Crippen LogP contribution < -0.4 is 14.5 Å². The van der Waals surface area contributed by atoms with Crippen LogP contribution in [0, 0.1) is 6.92 Å². The van der Waals surface area contributed by atoms with E-state index in [1.807, 2.05) is 41.1 Å². The van der Waals surface area contributed by atoms with Crippen molar-refractivity contribution in [2.75, 3.05) is 36.0 Å². The fraction of sp³-hybridized carbons (Fsp3) is 0.346. The van der Waals surface area contributed by atoms with Gasteiger partial charge in [-0.2, -0.15) is 0 Å². The smallest absolute Gasteiger partial charge is 0.304 e. The van der Waals surface area contributed by atoms with Crippen LogP contribution in [0.15, 0.2) is 71.1 Å². The minimum atomic E-state index is 0.944. The summed E-state index contributed by atoms with van der Waals surface area (Å²) in [4.78, 5) is 4.88. The van der Waals surface area contributed by atoms with Crippen molar-refractivity contribution in [1.29, 1.82) is 0 Å². The van der Waals surface area contributed by atoms with E-state index in [1.165, 1.54) is 63.2 Å². The number of aromatic nitrogens is 2. The van der Waals surface area contributed by atoms with Gasteiger partial charge in [0.15, 0.2) is 12.4 Å². The van der Waals surface area contributed by atoms with E-state index >= 15 is 0 Å². The van der Waals surface area contributed by atoms with Gasteiger partial charge in [-0.1, -0.05) is 34.5 Å². The van der Waals surface area contributed by atoms with E-state index in [9.17, 15) is 0 Å². The largest absolute Gasteiger partial charge is 0.372 e. The second-order valence-corrected chi connectivity index (χ2v) is 8.60. The average Bonchev–Trinajstić information content (AvgIpc) is 3.60. The molecule has 5 rings (SSSR count). The van der Waals surface area contributed by atoms with Crippen molar-refractivity contribution >= 4 is 23.8 Å². The van der Waals surface area contributed by atoms with E-state index < -0.39 is 0 Å². The SMILES string of the molecule is Cc1n(/N=C/c2ccc(N3CCCC3)cc2)cc[n+]1/N=C/c1ccc(N2CCCC2)cc1. The summed E-state index contributed by atoms with van der Waals surface area (Å²) in [6, 6.07) is 17.3. The van der Waals surface area contributed by atoms with Gasteiger partial charge in [0.2, 0.25) is 0 Å². The molecule has 2 aromatic carbocycles. The standard InChI is InChI=1S/C26H31N6/c1-22-31(27-20-23-6-10-25(11-7-23)29-14-2-3-15-29)18-19-32(22)28-21-24-8-12-26(13-9-24)30-16-4-5-17-30/h6-13,18-21H,2-5,14-17H2,1H3/q+1/b27-20+,28-21+. The van der Waals surface area contributed by atoms with Crippen LogP contribution in [0.1, 0.15) is 42.6 Å². The van der Waals surface area contributed by atoms with E-state index in [2.05, 4.69) is 68.5 Å². The van der Waals surface area contributed by atoms with Gasteiger partial charge in [0.25, 0.3) is 0 Å². The molecule has 0 aliphatic carbocycles. The van der Waals surface area contributed by atoms with Crippen molar-refractivity contribution in [1.82, 2.24) is 4.68 Å². The minimum Gasteiger partial charge on any atom is -0.372 e. The van der Waals surface area contributed by atoms with Crippen molar-refractivity contribution in [2.45, 2.75) is 32.6 Å². The normalized spacial score (nSPS) is 16.8. The topological polar surface area (TPSA) is 40.0 Å². The van der Waals surface area contributed by atoms with Gasteiger partial charge in [-0.25, -0.2) is 0 Å². The molecular weight excluding hydrogens is 396 g/mol. The van der Waals surface area contributed by atoms with Crippen LogP contribution in [0.4, 0.5) is 11.4 Å². The summed E-state index contributed by atoms with van der Waals surface area (Å²) in [5, 5.41) is 9.22. The summed E-state index contributed by atoms with van der Waals surface area (Å²) in [5.74, 6) is 0.944. The number of hydrogen-bond acceptors (Lipinski definition) is 4. The second-order valence-electron chi connectivity index (χ2n) is 8.60. The molecule has 32 heavy (non-hydrogen) atoms. The molecule has 6 nitrogen and oxygen atoms in total. The van der Waals surface area contributed by atoms with Gasteiger partial charge in [-0.05, 0) is 61.1 Å². The zero-order valence-corrected chi connectivity index (χ0v) is 18.8. The van der Waals surface area contributed by atoms with Crippen molar-refractivity contribution in [2.24, 2.45) is 10.2 Å². The molecule has 3 heterocycles. The first kappa shape index (κ1) is 20.5. The second kappa shape index (κ2) is 9.39. The van der Waals surface area contributed by atoms with Gasteiger partial charge < -0.3 is 9.80 Å². The van der Waals surface area contributed by atoms with Crippen LogP contribution in [0.5, 0.6) is 0 Å². The third-order valence-electron chi connectivity index (χ3n) is 6.40. The molecule has 0 spiro atoms. The fourth-order valence-corrected chi connectivity index (χ4v) is 4.44. The van der Waals surface area contributed by atoms with Crippen molar-refractivity contribution in [3.8, 4) is 0 Å². The molecule has 2 aliphatic heterocycles.